The highest BCUT2D eigenvalue weighted by molar-refractivity contribution is 5.91. The first-order valence-corrected chi connectivity index (χ1v) is 8.79. The van der Waals surface area contributed by atoms with Gasteiger partial charge in [0.15, 0.2) is 0 Å². The van der Waals surface area contributed by atoms with Crippen molar-refractivity contribution in [1.29, 1.82) is 0 Å². The fraction of sp³-hybridized carbons (Fsp3) is 0.143. The molecule has 27 heavy (non-hydrogen) atoms. The van der Waals surface area contributed by atoms with Crippen molar-refractivity contribution in [1.82, 2.24) is 19.7 Å². The molecule has 6 heteroatoms. The summed E-state index contributed by atoms with van der Waals surface area (Å²) in [5, 5.41) is 7.23. The quantitative estimate of drug-likeness (QED) is 0.589. The molecule has 0 aliphatic heterocycles. The fourth-order valence-electron chi connectivity index (χ4n) is 2.88. The largest absolute Gasteiger partial charge is 0.326 e. The van der Waals surface area contributed by atoms with E-state index in [2.05, 4.69) is 20.4 Å². The van der Waals surface area contributed by atoms with Crippen LogP contribution in [0.2, 0.25) is 0 Å². The standard InChI is InChI=1S/C21H19N5O/c1-15-9-11-26(25-15)12-10-21(27)23-17-6-4-5-16(13-17)20-14-22-18-7-2-3-8-19(18)24-20/h2-9,11,13-14H,10,12H2,1H3,(H,23,27). The minimum Gasteiger partial charge on any atom is -0.326 e. The number of rotatable bonds is 5. The van der Waals surface area contributed by atoms with Crippen LogP contribution < -0.4 is 5.32 Å². The number of carbonyl (C=O) groups excluding carboxylic acids is 1. The maximum absolute atomic E-state index is 12.2. The first kappa shape index (κ1) is 16.9. The van der Waals surface area contributed by atoms with Gasteiger partial charge in [-0.25, -0.2) is 4.98 Å². The van der Waals surface area contributed by atoms with Crippen molar-refractivity contribution in [2.45, 2.75) is 19.9 Å². The second-order valence-corrected chi connectivity index (χ2v) is 6.34. The van der Waals surface area contributed by atoms with Crippen LogP contribution in [0.3, 0.4) is 0 Å². The number of anilines is 1. The number of nitrogens with zero attached hydrogens (tertiary/aromatic N) is 4. The lowest BCUT2D eigenvalue weighted by atomic mass is 10.1. The molecule has 4 rings (SSSR count). The molecule has 0 atom stereocenters. The van der Waals surface area contributed by atoms with Crippen LogP contribution in [0.4, 0.5) is 5.69 Å². The predicted octanol–water partition coefficient (Wildman–Crippen LogP) is 3.83. The number of nitrogens with one attached hydrogen (secondary N) is 1. The molecule has 0 spiro atoms. The summed E-state index contributed by atoms with van der Waals surface area (Å²) in [6.45, 7) is 2.48. The van der Waals surface area contributed by atoms with Gasteiger partial charge in [-0.1, -0.05) is 24.3 Å². The Morgan fingerprint density at radius 1 is 1.07 bits per heavy atom. The van der Waals surface area contributed by atoms with Crippen molar-refractivity contribution in [2.24, 2.45) is 0 Å². The number of hydrogen-bond donors (Lipinski definition) is 1. The number of amides is 1. The molecule has 0 bridgehead atoms. The van der Waals surface area contributed by atoms with Gasteiger partial charge >= 0.3 is 0 Å². The molecule has 2 heterocycles. The van der Waals surface area contributed by atoms with E-state index in [4.69, 9.17) is 0 Å². The smallest absolute Gasteiger partial charge is 0.226 e. The normalized spacial score (nSPS) is 10.9. The Balaban J connectivity index is 1.47. The van der Waals surface area contributed by atoms with E-state index in [1.165, 1.54) is 0 Å². The van der Waals surface area contributed by atoms with Gasteiger partial charge in [-0.15, -0.1) is 0 Å². The fourth-order valence-corrected chi connectivity index (χ4v) is 2.88. The first-order chi connectivity index (χ1) is 13.2. The molecular weight excluding hydrogens is 338 g/mol. The van der Waals surface area contributed by atoms with Crippen molar-refractivity contribution >= 4 is 22.6 Å². The Hall–Kier alpha value is -3.54. The predicted molar refractivity (Wildman–Crippen MR) is 105 cm³/mol. The van der Waals surface area contributed by atoms with Gasteiger partial charge in [-0.2, -0.15) is 5.10 Å². The molecule has 0 aliphatic carbocycles. The number of fused-ring (bicyclic) bond motifs is 1. The van der Waals surface area contributed by atoms with Crippen molar-refractivity contribution < 1.29 is 4.79 Å². The number of para-hydroxylation sites is 2. The van der Waals surface area contributed by atoms with Crippen LogP contribution >= 0.6 is 0 Å². The molecule has 1 amide bonds. The number of carbonyl (C=O) groups is 1. The van der Waals surface area contributed by atoms with Crippen molar-refractivity contribution in [3.05, 3.63) is 72.7 Å². The zero-order valence-electron chi connectivity index (χ0n) is 15.0. The highest BCUT2D eigenvalue weighted by Crippen LogP contribution is 2.22. The molecule has 2 aromatic heterocycles. The Morgan fingerprint density at radius 2 is 1.93 bits per heavy atom. The molecule has 0 aliphatic rings. The number of aromatic nitrogens is 4. The Bertz CT molecular complexity index is 1100. The number of benzene rings is 2. The summed E-state index contributed by atoms with van der Waals surface area (Å²) in [6.07, 6.45) is 3.99. The zero-order valence-corrected chi connectivity index (χ0v) is 15.0. The average Bonchev–Trinajstić information content (AvgIpc) is 3.11. The van der Waals surface area contributed by atoms with Gasteiger partial charge in [-0.3, -0.25) is 14.5 Å². The Labute approximate surface area is 156 Å². The van der Waals surface area contributed by atoms with Gasteiger partial charge < -0.3 is 5.32 Å². The third kappa shape index (κ3) is 4.00. The van der Waals surface area contributed by atoms with E-state index >= 15 is 0 Å². The van der Waals surface area contributed by atoms with Crippen molar-refractivity contribution in [3.8, 4) is 11.3 Å². The van der Waals surface area contributed by atoms with Crippen LogP contribution in [-0.2, 0) is 11.3 Å². The lowest BCUT2D eigenvalue weighted by Crippen LogP contribution is -2.14. The summed E-state index contributed by atoms with van der Waals surface area (Å²) in [5.74, 6) is -0.0510. The van der Waals surface area contributed by atoms with Crippen LogP contribution in [0, 0.1) is 6.92 Å². The van der Waals surface area contributed by atoms with Crippen molar-refractivity contribution in [3.63, 3.8) is 0 Å². The minimum atomic E-state index is -0.0510. The molecule has 0 saturated carbocycles. The maximum atomic E-state index is 12.2. The molecule has 6 nitrogen and oxygen atoms in total. The van der Waals surface area contributed by atoms with Gasteiger partial charge in [0.1, 0.15) is 0 Å². The van der Waals surface area contributed by atoms with Crippen LogP contribution in [0.5, 0.6) is 0 Å². The monoisotopic (exact) mass is 357 g/mol. The molecule has 0 saturated heterocycles. The van der Waals surface area contributed by atoms with E-state index < -0.39 is 0 Å². The molecular formula is C21H19N5O. The summed E-state index contributed by atoms with van der Waals surface area (Å²) in [7, 11) is 0. The lowest BCUT2D eigenvalue weighted by molar-refractivity contribution is -0.116. The molecule has 4 aromatic rings. The van der Waals surface area contributed by atoms with E-state index in [0.717, 1.165) is 33.7 Å². The van der Waals surface area contributed by atoms with Gasteiger partial charge in [0.2, 0.25) is 5.91 Å². The summed E-state index contributed by atoms with van der Waals surface area (Å²) in [4.78, 5) is 21.3. The van der Waals surface area contributed by atoms with E-state index in [9.17, 15) is 4.79 Å². The first-order valence-electron chi connectivity index (χ1n) is 8.79. The van der Waals surface area contributed by atoms with Crippen LogP contribution in [-0.4, -0.2) is 25.7 Å². The summed E-state index contributed by atoms with van der Waals surface area (Å²) in [6, 6.07) is 17.3. The van der Waals surface area contributed by atoms with Crippen LogP contribution in [0.1, 0.15) is 12.1 Å². The third-order valence-corrected chi connectivity index (χ3v) is 4.23. The summed E-state index contributed by atoms with van der Waals surface area (Å²) >= 11 is 0. The van der Waals surface area contributed by atoms with E-state index in [1.807, 2.05) is 67.7 Å². The van der Waals surface area contributed by atoms with E-state index in [0.29, 0.717) is 13.0 Å². The molecule has 0 unspecified atom stereocenters. The molecule has 134 valence electrons. The topological polar surface area (TPSA) is 72.7 Å². The Morgan fingerprint density at radius 3 is 2.74 bits per heavy atom. The zero-order chi connectivity index (χ0) is 18.6. The van der Waals surface area contributed by atoms with E-state index in [-0.39, 0.29) is 5.91 Å². The van der Waals surface area contributed by atoms with Gasteiger partial charge in [-0.05, 0) is 37.3 Å². The van der Waals surface area contributed by atoms with Crippen LogP contribution in [0.25, 0.3) is 22.3 Å². The number of hydrogen-bond acceptors (Lipinski definition) is 4. The molecule has 1 N–H and O–H groups in total. The van der Waals surface area contributed by atoms with Gasteiger partial charge in [0.25, 0.3) is 0 Å². The molecule has 0 fully saturated rings. The summed E-state index contributed by atoms with van der Waals surface area (Å²) in [5.41, 5.74) is 5.08. The number of aryl methyl sites for hydroxylation is 2. The highest BCUT2D eigenvalue weighted by Gasteiger charge is 2.07. The average molecular weight is 357 g/mol. The van der Waals surface area contributed by atoms with Gasteiger partial charge in [0.05, 0.1) is 28.6 Å². The third-order valence-electron chi connectivity index (χ3n) is 4.23. The second-order valence-electron chi connectivity index (χ2n) is 6.34. The SMILES string of the molecule is Cc1ccn(CCC(=O)Nc2cccc(-c3cnc4ccccc4n3)c2)n1. The Kier molecular flexibility index (Phi) is 4.61. The molecule has 2 aromatic carbocycles. The summed E-state index contributed by atoms with van der Waals surface area (Å²) < 4.78 is 1.77. The maximum Gasteiger partial charge on any atom is 0.226 e. The van der Waals surface area contributed by atoms with Crippen LogP contribution in [0.15, 0.2) is 67.0 Å². The van der Waals surface area contributed by atoms with E-state index in [1.54, 1.807) is 10.9 Å². The second kappa shape index (κ2) is 7.37. The van der Waals surface area contributed by atoms with Crippen molar-refractivity contribution in [2.75, 3.05) is 5.32 Å². The molecule has 0 radical (unpaired) electrons. The highest BCUT2D eigenvalue weighted by atomic mass is 16.1. The minimum absolute atomic E-state index is 0.0510. The van der Waals surface area contributed by atoms with Gasteiger partial charge in [0, 0.05) is 30.4 Å². The lowest BCUT2D eigenvalue weighted by Gasteiger charge is -2.08.